The average molecular weight is 310 g/mol. The Kier molecular flexibility index (Phi) is 4.19. The van der Waals surface area contributed by atoms with Crippen molar-refractivity contribution in [1.82, 2.24) is 10.0 Å². The van der Waals surface area contributed by atoms with Gasteiger partial charge >= 0.3 is 0 Å². The highest BCUT2D eigenvalue weighted by Crippen LogP contribution is 2.28. The Morgan fingerprint density at radius 3 is 2.52 bits per heavy atom. The maximum Gasteiger partial charge on any atom is 0.244 e. The van der Waals surface area contributed by atoms with Crippen molar-refractivity contribution in [3.63, 3.8) is 0 Å². The molecule has 0 radical (unpaired) electrons. The molecule has 2 aliphatic carbocycles. The van der Waals surface area contributed by atoms with Crippen LogP contribution in [0.1, 0.15) is 37.7 Å². The van der Waals surface area contributed by atoms with Crippen LogP contribution in [-0.2, 0) is 16.6 Å². The highest BCUT2D eigenvalue weighted by atomic mass is 32.2. The van der Waals surface area contributed by atoms with Crippen molar-refractivity contribution in [2.24, 2.45) is 0 Å². The van der Waals surface area contributed by atoms with Crippen LogP contribution in [-0.4, -0.2) is 27.6 Å². The molecule has 1 aromatic carbocycles. The van der Waals surface area contributed by atoms with Crippen LogP contribution in [0.3, 0.4) is 0 Å². The first kappa shape index (κ1) is 14.8. The lowest BCUT2D eigenvalue weighted by atomic mass is 9.94. The van der Waals surface area contributed by atoms with Crippen LogP contribution in [0.4, 0.5) is 0 Å². The Morgan fingerprint density at radius 2 is 1.95 bits per heavy atom. The van der Waals surface area contributed by atoms with Gasteiger partial charge in [-0.3, -0.25) is 0 Å². The van der Waals surface area contributed by atoms with Gasteiger partial charge in [0.1, 0.15) is 10.6 Å². The van der Waals surface area contributed by atoms with Gasteiger partial charge in [-0.1, -0.05) is 12.5 Å². The van der Waals surface area contributed by atoms with Crippen molar-refractivity contribution in [3.05, 3.63) is 23.8 Å². The first-order chi connectivity index (χ1) is 10.1. The number of rotatable bonds is 7. The summed E-state index contributed by atoms with van der Waals surface area (Å²) in [7, 11) is -2.01. The molecule has 0 heterocycles. The lowest BCUT2D eigenvalue weighted by Crippen LogP contribution is -2.39. The van der Waals surface area contributed by atoms with E-state index in [4.69, 9.17) is 4.74 Å². The van der Waals surface area contributed by atoms with Crippen LogP contribution in [0.15, 0.2) is 23.1 Å². The van der Waals surface area contributed by atoms with E-state index in [-0.39, 0.29) is 10.9 Å². The summed E-state index contributed by atoms with van der Waals surface area (Å²) in [5.41, 5.74) is 0.969. The highest BCUT2D eigenvalue weighted by Gasteiger charge is 2.27. The third kappa shape index (κ3) is 3.56. The second-order valence-corrected chi connectivity index (χ2v) is 7.57. The molecule has 21 heavy (non-hydrogen) atoms. The van der Waals surface area contributed by atoms with Gasteiger partial charge in [0, 0.05) is 18.6 Å². The summed E-state index contributed by atoms with van der Waals surface area (Å²) < 4.78 is 33.0. The fourth-order valence-corrected chi connectivity index (χ4v) is 3.92. The largest absolute Gasteiger partial charge is 0.495 e. The number of hydrogen-bond donors (Lipinski definition) is 2. The van der Waals surface area contributed by atoms with Gasteiger partial charge in [-0.05, 0) is 43.4 Å². The van der Waals surface area contributed by atoms with Crippen molar-refractivity contribution in [3.8, 4) is 5.75 Å². The zero-order valence-electron chi connectivity index (χ0n) is 12.3. The normalized spacial score (nSPS) is 19.3. The number of nitrogens with one attached hydrogen (secondary N) is 2. The van der Waals surface area contributed by atoms with Crippen molar-refractivity contribution in [1.29, 1.82) is 0 Å². The minimum absolute atomic E-state index is 0.0768. The molecule has 6 heteroatoms. The Balaban J connectivity index is 1.80. The molecule has 2 N–H and O–H groups in total. The minimum atomic E-state index is -3.51. The van der Waals surface area contributed by atoms with E-state index in [2.05, 4.69) is 10.0 Å². The van der Waals surface area contributed by atoms with E-state index < -0.39 is 10.0 Å². The summed E-state index contributed by atoms with van der Waals surface area (Å²) in [6, 6.07) is 6.04. The standard InChI is InChI=1S/C15H22N2O3S/c1-20-14-8-5-11(10-16-12-6-7-12)9-15(14)21(18,19)17-13-3-2-4-13/h5,8-9,12-13,16-17H,2-4,6-7,10H2,1H3. The van der Waals surface area contributed by atoms with Crippen LogP contribution >= 0.6 is 0 Å². The molecule has 0 aliphatic heterocycles. The third-order valence-corrected chi connectivity index (χ3v) is 5.66. The monoisotopic (exact) mass is 310 g/mol. The van der Waals surface area contributed by atoms with Gasteiger partial charge in [0.25, 0.3) is 0 Å². The molecule has 0 saturated heterocycles. The molecule has 0 aromatic heterocycles. The Morgan fingerprint density at radius 1 is 1.19 bits per heavy atom. The van der Waals surface area contributed by atoms with Crippen molar-refractivity contribution in [2.75, 3.05) is 7.11 Å². The van der Waals surface area contributed by atoms with Gasteiger partial charge in [0.05, 0.1) is 7.11 Å². The van der Waals surface area contributed by atoms with Gasteiger partial charge in [0.2, 0.25) is 10.0 Å². The van der Waals surface area contributed by atoms with E-state index in [1.165, 1.54) is 20.0 Å². The molecule has 1 aromatic rings. The maximum absolute atomic E-state index is 12.5. The highest BCUT2D eigenvalue weighted by molar-refractivity contribution is 7.89. The molecule has 3 rings (SSSR count). The van der Waals surface area contributed by atoms with Crippen LogP contribution in [0.2, 0.25) is 0 Å². The summed E-state index contributed by atoms with van der Waals surface area (Å²) in [5.74, 6) is 0.400. The summed E-state index contributed by atoms with van der Waals surface area (Å²) >= 11 is 0. The fraction of sp³-hybridized carbons (Fsp3) is 0.600. The Labute approximate surface area is 126 Å². The van der Waals surface area contributed by atoms with Gasteiger partial charge in [-0.25, -0.2) is 13.1 Å². The topological polar surface area (TPSA) is 67.4 Å². The third-order valence-electron chi connectivity index (χ3n) is 4.12. The van der Waals surface area contributed by atoms with Gasteiger partial charge < -0.3 is 10.1 Å². The van der Waals surface area contributed by atoms with Crippen molar-refractivity contribution in [2.45, 2.75) is 55.6 Å². The summed E-state index contributed by atoms with van der Waals surface area (Å²) in [6.45, 7) is 0.695. The molecule has 0 atom stereocenters. The summed E-state index contributed by atoms with van der Waals surface area (Å²) in [6.07, 6.45) is 5.36. The first-order valence-corrected chi connectivity index (χ1v) is 8.99. The lowest BCUT2D eigenvalue weighted by Gasteiger charge is -2.26. The van der Waals surface area contributed by atoms with Crippen molar-refractivity contribution < 1.29 is 13.2 Å². The summed E-state index contributed by atoms with van der Waals surface area (Å²) in [5, 5.41) is 3.40. The van der Waals surface area contributed by atoms with E-state index in [1.54, 1.807) is 12.1 Å². The molecule has 116 valence electrons. The number of sulfonamides is 1. The molecule has 2 saturated carbocycles. The number of hydrogen-bond acceptors (Lipinski definition) is 4. The van der Waals surface area contributed by atoms with Gasteiger partial charge in [0.15, 0.2) is 0 Å². The van der Waals surface area contributed by atoms with E-state index >= 15 is 0 Å². The van der Waals surface area contributed by atoms with Crippen LogP contribution in [0.25, 0.3) is 0 Å². The lowest BCUT2D eigenvalue weighted by molar-refractivity contribution is 0.379. The molecule has 0 spiro atoms. The molecule has 2 aliphatic rings. The van der Waals surface area contributed by atoms with E-state index in [0.29, 0.717) is 18.3 Å². The Bertz CT molecular complexity index is 607. The van der Waals surface area contributed by atoms with Gasteiger partial charge in [-0.15, -0.1) is 0 Å². The molecule has 0 amide bonds. The second-order valence-electron chi connectivity index (χ2n) is 5.89. The predicted molar refractivity (Wildman–Crippen MR) is 80.8 cm³/mol. The molecule has 2 fully saturated rings. The molecular weight excluding hydrogens is 288 g/mol. The molecule has 5 nitrogen and oxygen atoms in total. The molecule has 0 bridgehead atoms. The van der Waals surface area contributed by atoms with Crippen LogP contribution in [0.5, 0.6) is 5.75 Å². The van der Waals surface area contributed by atoms with E-state index in [1.807, 2.05) is 6.07 Å². The second kappa shape index (κ2) is 5.94. The smallest absolute Gasteiger partial charge is 0.244 e. The van der Waals surface area contributed by atoms with Crippen molar-refractivity contribution >= 4 is 10.0 Å². The average Bonchev–Trinajstić information content (AvgIpc) is 3.25. The minimum Gasteiger partial charge on any atom is -0.495 e. The first-order valence-electron chi connectivity index (χ1n) is 7.51. The number of benzene rings is 1. The van der Waals surface area contributed by atoms with Crippen LogP contribution < -0.4 is 14.8 Å². The Hall–Kier alpha value is -1.11. The predicted octanol–water partition coefficient (Wildman–Crippen LogP) is 1.78. The van der Waals surface area contributed by atoms with E-state index in [0.717, 1.165) is 24.8 Å². The number of ether oxygens (including phenoxy) is 1. The molecule has 0 unspecified atom stereocenters. The zero-order valence-corrected chi connectivity index (χ0v) is 13.1. The van der Waals surface area contributed by atoms with E-state index in [9.17, 15) is 8.42 Å². The number of methoxy groups -OCH3 is 1. The fourth-order valence-electron chi connectivity index (χ4n) is 2.40. The SMILES string of the molecule is COc1ccc(CNC2CC2)cc1S(=O)(=O)NC1CCC1. The zero-order chi connectivity index (χ0) is 14.9. The molecular formula is C15H22N2O3S. The maximum atomic E-state index is 12.5. The van der Waals surface area contributed by atoms with Crippen LogP contribution in [0, 0.1) is 0 Å². The quantitative estimate of drug-likeness (QED) is 0.805. The van der Waals surface area contributed by atoms with Gasteiger partial charge in [-0.2, -0.15) is 0 Å². The summed E-state index contributed by atoms with van der Waals surface area (Å²) in [4.78, 5) is 0.243.